The van der Waals surface area contributed by atoms with Crippen molar-refractivity contribution in [3.63, 3.8) is 0 Å². The van der Waals surface area contributed by atoms with Crippen molar-refractivity contribution in [2.24, 2.45) is 0 Å². The highest BCUT2D eigenvalue weighted by Gasteiger charge is 2.14. The Labute approximate surface area is 98.4 Å². The number of rotatable bonds is 2. The fourth-order valence-corrected chi connectivity index (χ4v) is 1.64. The predicted octanol–water partition coefficient (Wildman–Crippen LogP) is 1.91. The summed E-state index contributed by atoms with van der Waals surface area (Å²) < 4.78 is 10.6. The van der Waals surface area contributed by atoms with Gasteiger partial charge in [-0.1, -0.05) is 0 Å². The summed E-state index contributed by atoms with van der Waals surface area (Å²) in [7, 11) is 1.83. The third kappa shape index (κ3) is 1.75. The Hall–Kier alpha value is -2.30. The molecule has 0 aliphatic carbocycles. The van der Waals surface area contributed by atoms with Crippen LogP contribution in [0.1, 0.15) is 0 Å². The van der Waals surface area contributed by atoms with Crippen molar-refractivity contribution in [1.29, 1.82) is 0 Å². The maximum absolute atomic E-state index is 5.32. The second kappa shape index (κ2) is 3.93. The molecule has 5 nitrogen and oxygen atoms in total. The van der Waals surface area contributed by atoms with Gasteiger partial charge in [0.1, 0.15) is 0 Å². The molecule has 17 heavy (non-hydrogen) atoms. The van der Waals surface area contributed by atoms with Crippen molar-refractivity contribution < 1.29 is 9.47 Å². The van der Waals surface area contributed by atoms with Crippen LogP contribution in [-0.4, -0.2) is 23.8 Å². The molecule has 3 rings (SSSR count). The first kappa shape index (κ1) is 9.89. The van der Waals surface area contributed by atoms with Crippen LogP contribution < -0.4 is 14.8 Å². The molecule has 0 bridgehead atoms. The van der Waals surface area contributed by atoms with Crippen molar-refractivity contribution in [3.8, 4) is 22.9 Å². The van der Waals surface area contributed by atoms with Gasteiger partial charge in [-0.05, 0) is 18.2 Å². The molecule has 86 valence electrons. The summed E-state index contributed by atoms with van der Waals surface area (Å²) in [5.41, 5.74) is 1.80. The van der Waals surface area contributed by atoms with Gasteiger partial charge in [0.15, 0.2) is 17.3 Å². The lowest BCUT2D eigenvalue weighted by molar-refractivity contribution is 0.174. The average molecular weight is 229 g/mol. The number of ether oxygens (including phenoxy) is 2. The van der Waals surface area contributed by atoms with Crippen molar-refractivity contribution in [3.05, 3.63) is 30.6 Å². The third-order valence-corrected chi connectivity index (χ3v) is 2.57. The largest absolute Gasteiger partial charge is 0.454 e. The molecule has 1 aromatic carbocycles. The molecule has 0 fully saturated rings. The summed E-state index contributed by atoms with van der Waals surface area (Å²) in [6.45, 7) is 0.276. The summed E-state index contributed by atoms with van der Waals surface area (Å²) in [6.07, 6.45) is 3.49. The van der Waals surface area contributed by atoms with Crippen LogP contribution in [0.25, 0.3) is 11.4 Å². The Morgan fingerprint density at radius 1 is 1.12 bits per heavy atom. The number of hydrogen-bond donors (Lipinski definition) is 1. The van der Waals surface area contributed by atoms with Crippen LogP contribution in [0.5, 0.6) is 11.5 Å². The monoisotopic (exact) mass is 229 g/mol. The first-order valence-corrected chi connectivity index (χ1v) is 5.26. The second-order valence-electron chi connectivity index (χ2n) is 3.61. The fraction of sp³-hybridized carbons (Fsp3) is 0.167. The number of nitrogens with one attached hydrogen (secondary N) is 1. The molecule has 0 radical (unpaired) electrons. The third-order valence-electron chi connectivity index (χ3n) is 2.57. The van der Waals surface area contributed by atoms with Gasteiger partial charge in [0, 0.05) is 12.6 Å². The molecule has 0 saturated carbocycles. The minimum atomic E-state index is 0.276. The van der Waals surface area contributed by atoms with E-state index in [1.165, 1.54) is 0 Å². The standard InChI is InChI=1S/C12H11N3O2/c1-13-9-5-14-12(15-6-9)8-2-3-10-11(4-8)17-7-16-10/h2-6,13H,7H2,1H3. The summed E-state index contributed by atoms with van der Waals surface area (Å²) in [5.74, 6) is 2.17. The van der Waals surface area contributed by atoms with Crippen LogP contribution in [0.3, 0.4) is 0 Å². The van der Waals surface area contributed by atoms with Gasteiger partial charge in [0.25, 0.3) is 0 Å². The summed E-state index contributed by atoms with van der Waals surface area (Å²) >= 11 is 0. The Morgan fingerprint density at radius 2 is 1.88 bits per heavy atom. The van der Waals surface area contributed by atoms with Gasteiger partial charge >= 0.3 is 0 Å². The lowest BCUT2D eigenvalue weighted by atomic mass is 10.2. The van der Waals surface area contributed by atoms with Gasteiger partial charge in [0.05, 0.1) is 18.1 Å². The van der Waals surface area contributed by atoms with E-state index in [0.29, 0.717) is 5.82 Å². The number of benzene rings is 1. The zero-order valence-electron chi connectivity index (χ0n) is 9.30. The topological polar surface area (TPSA) is 56.3 Å². The molecule has 2 heterocycles. The van der Waals surface area contributed by atoms with E-state index in [1.807, 2.05) is 25.2 Å². The van der Waals surface area contributed by atoms with E-state index < -0.39 is 0 Å². The summed E-state index contributed by atoms with van der Waals surface area (Å²) in [4.78, 5) is 8.55. The molecule has 1 aliphatic heterocycles. The molecule has 0 unspecified atom stereocenters. The molecular weight excluding hydrogens is 218 g/mol. The maximum atomic E-state index is 5.32. The van der Waals surface area contributed by atoms with Crippen LogP contribution in [-0.2, 0) is 0 Å². The van der Waals surface area contributed by atoms with Crippen LogP contribution >= 0.6 is 0 Å². The number of aromatic nitrogens is 2. The zero-order valence-corrected chi connectivity index (χ0v) is 9.30. The van der Waals surface area contributed by atoms with E-state index in [-0.39, 0.29) is 6.79 Å². The van der Waals surface area contributed by atoms with Crippen molar-refractivity contribution in [2.45, 2.75) is 0 Å². The molecule has 0 saturated heterocycles. The molecule has 1 N–H and O–H groups in total. The Kier molecular flexibility index (Phi) is 2.29. The van der Waals surface area contributed by atoms with Gasteiger partial charge in [-0.25, -0.2) is 9.97 Å². The van der Waals surface area contributed by atoms with E-state index in [1.54, 1.807) is 12.4 Å². The maximum Gasteiger partial charge on any atom is 0.231 e. The molecule has 0 amide bonds. The van der Waals surface area contributed by atoms with Crippen LogP contribution in [0.15, 0.2) is 30.6 Å². The van der Waals surface area contributed by atoms with Crippen molar-refractivity contribution >= 4 is 5.69 Å². The van der Waals surface area contributed by atoms with E-state index in [0.717, 1.165) is 22.7 Å². The molecule has 2 aromatic rings. The molecule has 0 atom stereocenters. The van der Waals surface area contributed by atoms with Gasteiger partial charge in [-0.15, -0.1) is 0 Å². The normalized spacial score (nSPS) is 12.5. The zero-order chi connectivity index (χ0) is 11.7. The molecular formula is C12H11N3O2. The number of anilines is 1. The van der Waals surface area contributed by atoms with E-state index >= 15 is 0 Å². The minimum absolute atomic E-state index is 0.276. The number of fused-ring (bicyclic) bond motifs is 1. The van der Waals surface area contributed by atoms with E-state index in [4.69, 9.17) is 9.47 Å². The number of hydrogen-bond acceptors (Lipinski definition) is 5. The van der Waals surface area contributed by atoms with E-state index in [2.05, 4.69) is 15.3 Å². The quantitative estimate of drug-likeness (QED) is 0.852. The lowest BCUT2D eigenvalue weighted by Crippen LogP contribution is -1.93. The van der Waals surface area contributed by atoms with Gasteiger partial charge in [-0.3, -0.25) is 0 Å². The highest BCUT2D eigenvalue weighted by atomic mass is 16.7. The fourth-order valence-electron chi connectivity index (χ4n) is 1.64. The molecule has 5 heteroatoms. The smallest absolute Gasteiger partial charge is 0.231 e. The Balaban J connectivity index is 1.97. The summed E-state index contributed by atoms with van der Waals surface area (Å²) in [5, 5.41) is 2.98. The van der Waals surface area contributed by atoms with Crippen LogP contribution in [0.4, 0.5) is 5.69 Å². The Bertz CT molecular complexity index is 540. The van der Waals surface area contributed by atoms with Gasteiger partial charge < -0.3 is 14.8 Å². The lowest BCUT2D eigenvalue weighted by Gasteiger charge is -2.03. The summed E-state index contributed by atoms with van der Waals surface area (Å²) in [6, 6.07) is 5.67. The predicted molar refractivity (Wildman–Crippen MR) is 63.1 cm³/mol. The molecule has 1 aromatic heterocycles. The first-order chi connectivity index (χ1) is 8.36. The average Bonchev–Trinajstić information content (AvgIpc) is 2.86. The van der Waals surface area contributed by atoms with Gasteiger partial charge in [0.2, 0.25) is 6.79 Å². The first-order valence-electron chi connectivity index (χ1n) is 5.26. The second-order valence-corrected chi connectivity index (χ2v) is 3.61. The number of nitrogens with zero attached hydrogens (tertiary/aromatic N) is 2. The highest BCUT2D eigenvalue weighted by Crippen LogP contribution is 2.34. The van der Waals surface area contributed by atoms with Crippen molar-refractivity contribution in [2.75, 3.05) is 19.2 Å². The van der Waals surface area contributed by atoms with Crippen LogP contribution in [0.2, 0.25) is 0 Å². The van der Waals surface area contributed by atoms with Gasteiger partial charge in [-0.2, -0.15) is 0 Å². The van der Waals surface area contributed by atoms with Crippen LogP contribution in [0, 0.1) is 0 Å². The van der Waals surface area contributed by atoms with E-state index in [9.17, 15) is 0 Å². The van der Waals surface area contributed by atoms with Crippen molar-refractivity contribution in [1.82, 2.24) is 9.97 Å². The highest BCUT2D eigenvalue weighted by molar-refractivity contribution is 5.62. The minimum Gasteiger partial charge on any atom is -0.454 e. The SMILES string of the molecule is CNc1cnc(-c2ccc3c(c2)OCO3)nc1. The Morgan fingerprint density at radius 3 is 2.65 bits per heavy atom. The molecule has 0 spiro atoms. The molecule has 1 aliphatic rings.